The first-order valence-corrected chi connectivity index (χ1v) is 15.7. The third kappa shape index (κ3) is 5.60. The maximum Gasteiger partial charge on any atom is 0.375 e. The summed E-state index contributed by atoms with van der Waals surface area (Å²) in [7, 11) is -8.80. The van der Waals surface area contributed by atoms with Gasteiger partial charge in [-0.05, 0) is 53.8 Å². The SMILES string of the molecule is CCC(=C/c1oc2ccc3ccccc3c2[n+]1CS(=O)(=O)O)/C=C1/Sc2ccc(Cl)cc2N1CS(=O)(=O)O. The number of aromatic nitrogens is 1. The molecule has 0 spiro atoms. The average molecular weight is 594 g/mol. The van der Waals surface area contributed by atoms with Crippen molar-refractivity contribution in [3.63, 3.8) is 0 Å². The fourth-order valence-corrected chi connectivity index (χ4v) is 6.87. The van der Waals surface area contributed by atoms with Crippen molar-refractivity contribution in [2.45, 2.75) is 24.1 Å². The van der Waals surface area contributed by atoms with Gasteiger partial charge < -0.3 is 9.32 Å². The van der Waals surface area contributed by atoms with E-state index in [1.54, 1.807) is 36.4 Å². The molecule has 0 amide bonds. The zero-order valence-corrected chi connectivity index (χ0v) is 23.1. The molecule has 3 aromatic carbocycles. The van der Waals surface area contributed by atoms with Gasteiger partial charge in [-0.2, -0.15) is 16.8 Å². The zero-order valence-electron chi connectivity index (χ0n) is 19.9. The summed E-state index contributed by atoms with van der Waals surface area (Å²) >= 11 is 7.44. The smallest absolute Gasteiger partial charge is 0.375 e. The molecule has 0 saturated heterocycles. The summed E-state index contributed by atoms with van der Waals surface area (Å²) in [6, 6.07) is 16.1. The van der Waals surface area contributed by atoms with Crippen molar-refractivity contribution >= 4 is 77.2 Å². The molecule has 198 valence electrons. The summed E-state index contributed by atoms with van der Waals surface area (Å²) in [5.41, 5.74) is 2.17. The molecule has 0 atom stereocenters. The van der Waals surface area contributed by atoms with Crippen molar-refractivity contribution in [2.24, 2.45) is 0 Å². The number of nitrogens with zero attached hydrogens (tertiary/aromatic N) is 2. The Kier molecular flexibility index (Phi) is 7.05. The van der Waals surface area contributed by atoms with Crippen LogP contribution in [0.25, 0.3) is 27.9 Å². The Morgan fingerprint density at radius 1 is 1.08 bits per heavy atom. The second-order valence-electron chi connectivity index (χ2n) is 8.62. The molecule has 0 saturated carbocycles. The molecule has 1 aromatic heterocycles. The number of thioether (sulfide) groups is 1. The molecule has 1 aliphatic rings. The molecule has 5 rings (SSSR count). The van der Waals surface area contributed by atoms with E-state index in [4.69, 9.17) is 16.0 Å². The Morgan fingerprint density at radius 3 is 2.55 bits per heavy atom. The van der Waals surface area contributed by atoms with Gasteiger partial charge in [0.25, 0.3) is 21.5 Å². The zero-order chi connectivity index (χ0) is 27.2. The molecule has 38 heavy (non-hydrogen) atoms. The largest absolute Gasteiger partial charge is 0.398 e. The van der Waals surface area contributed by atoms with Crippen molar-refractivity contribution in [3.8, 4) is 0 Å². The quantitative estimate of drug-likeness (QED) is 0.212. The Labute approximate surface area is 228 Å². The van der Waals surface area contributed by atoms with Crippen molar-refractivity contribution in [1.29, 1.82) is 0 Å². The summed E-state index contributed by atoms with van der Waals surface area (Å²) in [5.74, 6) is -1.20. The topological polar surface area (TPSA) is 129 Å². The Hall–Kier alpha value is -2.87. The van der Waals surface area contributed by atoms with Gasteiger partial charge in [-0.1, -0.05) is 54.6 Å². The molecule has 0 aliphatic carbocycles. The van der Waals surface area contributed by atoms with Gasteiger partial charge in [0.1, 0.15) is 0 Å². The van der Waals surface area contributed by atoms with Crippen LogP contribution in [0, 0.1) is 0 Å². The van der Waals surface area contributed by atoms with Gasteiger partial charge in [-0.25, -0.2) is 0 Å². The molecule has 1 aliphatic heterocycles. The first-order valence-electron chi connectivity index (χ1n) is 11.3. The number of anilines is 1. The number of rotatable bonds is 7. The van der Waals surface area contributed by atoms with E-state index in [0.29, 0.717) is 38.8 Å². The molecule has 2 heterocycles. The van der Waals surface area contributed by atoms with Crippen molar-refractivity contribution in [2.75, 3.05) is 10.8 Å². The molecular formula is C25H22ClN2O7S3+. The van der Waals surface area contributed by atoms with Gasteiger partial charge in [-0.3, -0.25) is 9.11 Å². The predicted octanol–water partition coefficient (Wildman–Crippen LogP) is 5.46. The van der Waals surface area contributed by atoms with Crippen LogP contribution in [0.2, 0.25) is 5.02 Å². The van der Waals surface area contributed by atoms with Crippen molar-refractivity contribution in [3.05, 3.63) is 82.2 Å². The minimum atomic E-state index is -4.43. The maximum atomic E-state index is 12.0. The number of halogens is 1. The minimum absolute atomic E-state index is 0.188. The number of hydrogen-bond acceptors (Lipinski definition) is 7. The van der Waals surface area contributed by atoms with Gasteiger partial charge in [0, 0.05) is 9.92 Å². The second-order valence-corrected chi connectivity index (χ2v) is 13.0. The van der Waals surface area contributed by atoms with E-state index in [0.717, 1.165) is 15.7 Å². The van der Waals surface area contributed by atoms with Crippen LogP contribution in [0.3, 0.4) is 0 Å². The number of benzene rings is 3. The third-order valence-electron chi connectivity index (χ3n) is 5.92. The molecule has 4 aromatic rings. The second kappa shape index (κ2) is 10.0. The summed E-state index contributed by atoms with van der Waals surface area (Å²) < 4.78 is 74.2. The maximum absolute atomic E-state index is 12.0. The lowest BCUT2D eigenvalue weighted by Gasteiger charge is -2.19. The molecule has 13 heteroatoms. The lowest BCUT2D eigenvalue weighted by Crippen LogP contribution is -2.39. The Bertz CT molecular complexity index is 1860. The highest BCUT2D eigenvalue weighted by Gasteiger charge is 2.30. The van der Waals surface area contributed by atoms with E-state index >= 15 is 0 Å². The Morgan fingerprint density at radius 2 is 1.84 bits per heavy atom. The van der Waals surface area contributed by atoms with Gasteiger partial charge >= 0.3 is 16.0 Å². The van der Waals surface area contributed by atoms with Crippen LogP contribution < -0.4 is 9.47 Å². The molecule has 9 nitrogen and oxygen atoms in total. The third-order valence-corrected chi connectivity index (χ3v) is 8.43. The van der Waals surface area contributed by atoms with E-state index in [1.807, 2.05) is 37.3 Å². The summed E-state index contributed by atoms with van der Waals surface area (Å²) in [6.45, 7) is 1.88. The monoisotopic (exact) mass is 593 g/mol. The fraction of sp³-hybridized carbons (Fsp3) is 0.160. The summed E-state index contributed by atoms with van der Waals surface area (Å²) in [5, 5.41) is 2.57. The first-order chi connectivity index (χ1) is 17.9. The number of fused-ring (bicyclic) bond motifs is 4. The summed E-state index contributed by atoms with van der Waals surface area (Å²) in [4.78, 5) is 2.21. The lowest BCUT2D eigenvalue weighted by atomic mass is 10.1. The molecular weight excluding hydrogens is 572 g/mol. The molecule has 0 bridgehead atoms. The van der Waals surface area contributed by atoms with Crippen LogP contribution >= 0.6 is 23.4 Å². The van der Waals surface area contributed by atoms with Crippen LogP contribution in [-0.4, -0.2) is 31.8 Å². The van der Waals surface area contributed by atoms with Crippen LogP contribution in [0.5, 0.6) is 0 Å². The highest BCUT2D eigenvalue weighted by atomic mass is 35.5. The fourth-order valence-electron chi connectivity index (χ4n) is 4.31. The van der Waals surface area contributed by atoms with Crippen LogP contribution in [0.15, 0.2) is 80.6 Å². The Balaban J connectivity index is 1.66. The standard InChI is InChI=1S/C25H21ClN2O7S3/c1-2-16(12-24-27(14-37(29,30)31)20-13-18(26)8-10-22(20)36-24)11-23-28(15-38(32,33)34)25-19-6-4-3-5-17(19)7-9-21(25)35-23/h3-13H,2,14-15H2,1H3,(H-,29,30,31,32,33,34)/p+1. The number of allylic oxidation sites excluding steroid dienone is 2. The van der Waals surface area contributed by atoms with E-state index in [9.17, 15) is 25.9 Å². The van der Waals surface area contributed by atoms with Crippen molar-refractivity contribution < 1.29 is 34.9 Å². The highest BCUT2D eigenvalue weighted by molar-refractivity contribution is 8.03. The van der Waals surface area contributed by atoms with Crippen LogP contribution in [-0.2, 0) is 26.1 Å². The van der Waals surface area contributed by atoms with Crippen molar-refractivity contribution in [1.82, 2.24) is 0 Å². The lowest BCUT2D eigenvalue weighted by molar-refractivity contribution is -0.658. The number of hydrogen-bond donors (Lipinski definition) is 2. The highest BCUT2D eigenvalue weighted by Crippen LogP contribution is 2.47. The van der Waals surface area contributed by atoms with E-state index in [1.165, 1.54) is 21.2 Å². The van der Waals surface area contributed by atoms with E-state index < -0.39 is 32.0 Å². The van der Waals surface area contributed by atoms with Crippen LogP contribution in [0.4, 0.5) is 5.69 Å². The van der Waals surface area contributed by atoms with E-state index in [-0.39, 0.29) is 5.89 Å². The average Bonchev–Trinajstić information content (AvgIpc) is 3.34. The van der Waals surface area contributed by atoms with Gasteiger partial charge in [0.15, 0.2) is 5.88 Å². The minimum Gasteiger partial charge on any atom is -0.398 e. The number of oxazole rings is 1. The first kappa shape index (κ1) is 26.7. The van der Waals surface area contributed by atoms with Crippen LogP contribution in [0.1, 0.15) is 19.2 Å². The molecule has 0 radical (unpaired) electrons. The predicted molar refractivity (Wildman–Crippen MR) is 148 cm³/mol. The molecule has 0 fully saturated rings. The normalized spacial score (nSPS) is 15.6. The van der Waals surface area contributed by atoms with E-state index in [2.05, 4.69) is 0 Å². The van der Waals surface area contributed by atoms with Gasteiger partial charge in [-0.15, -0.1) is 4.57 Å². The molecule has 0 unspecified atom stereocenters. The summed E-state index contributed by atoms with van der Waals surface area (Å²) in [6.07, 6.45) is 3.87. The van der Waals surface area contributed by atoms with Gasteiger partial charge in [0.2, 0.25) is 5.58 Å². The van der Waals surface area contributed by atoms with Gasteiger partial charge in [0.05, 0.1) is 22.2 Å². The molecule has 2 N–H and O–H groups in total.